The van der Waals surface area contributed by atoms with Crippen LogP contribution in [0.5, 0.6) is 0 Å². The summed E-state index contributed by atoms with van der Waals surface area (Å²) in [5.41, 5.74) is 2.75. The van der Waals surface area contributed by atoms with Gasteiger partial charge in [-0.2, -0.15) is 5.10 Å². The Morgan fingerprint density at radius 1 is 1.36 bits per heavy atom. The van der Waals surface area contributed by atoms with Crippen LogP contribution < -0.4 is 0 Å². The molecule has 5 nitrogen and oxygen atoms in total. The van der Waals surface area contributed by atoms with Crippen molar-refractivity contribution in [1.82, 2.24) is 19.7 Å². The molecular weight excluding hydrogens is 300 g/mol. The van der Waals surface area contributed by atoms with Crippen LogP contribution in [0.3, 0.4) is 0 Å². The number of likely N-dealkylation sites (tertiary alicyclic amines) is 1. The van der Waals surface area contributed by atoms with Gasteiger partial charge in [-0.3, -0.25) is 14.5 Å². The summed E-state index contributed by atoms with van der Waals surface area (Å²) >= 11 is 6.15. The average Bonchev–Trinajstić information content (AvgIpc) is 3.10. The lowest BCUT2D eigenvalue weighted by molar-refractivity contribution is -0.133. The lowest BCUT2D eigenvalue weighted by Gasteiger charge is -2.25. The number of carbonyl (C=O) groups excluding carboxylic acids is 1. The zero-order valence-electron chi connectivity index (χ0n) is 12.8. The topological polar surface area (TPSA) is 51.0 Å². The number of aromatic nitrogens is 3. The molecule has 0 aliphatic carbocycles. The number of amides is 1. The Kier molecular flexibility index (Phi) is 4.16. The first-order valence-corrected chi connectivity index (χ1v) is 7.84. The van der Waals surface area contributed by atoms with Crippen LogP contribution in [-0.2, 0) is 11.3 Å². The van der Waals surface area contributed by atoms with Gasteiger partial charge >= 0.3 is 0 Å². The molecule has 1 aliphatic heterocycles. The van der Waals surface area contributed by atoms with Crippen molar-refractivity contribution in [3.8, 4) is 0 Å². The molecule has 116 valence electrons. The van der Waals surface area contributed by atoms with E-state index in [0.29, 0.717) is 5.02 Å². The van der Waals surface area contributed by atoms with E-state index < -0.39 is 0 Å². The Hall–Kier alpha value is -1.88. The van der Waals surface area contributed by atoms with Gasteiger partial charge in [0.25, 0.3) is 0 Å². The normalized spacial score (nSPS) is 18.0. The molecule has 0 spiro atoms. The van der Waals surface area contributed by atoms with Gasteiger partial charge in [0.05, 0.1) is 22.5 Å². The number of halogens is 1. The van der Waals surface area contributed by atoms with Gasteiger partial charge < -0.3 is 4.90 Å². The zero-order chi connectivity index (χ0) is 15.7. The van der Waals surface area contributed by atoms with Gasteiger partial charge in [-0.15, -0.1) is 0 Å². The van der Waals surface area contributed by atoms with Crippen molar-refractivity contribution in [2.75, 3.05) is 6.54 Å². The molecule has 0 N–H and O–H groups in total. The number of pyridine rings is 1. The number of rotatable bonds is 3. The summed E-state index contributed by atoms with van der Waals surface area (Å²) in [5.74, 6) is 0.0848. The third-order valence-electron chi connectivity index (χ3n) is 4.24. The van der Waals surface area contributed by atoms with Crippen LogP contribution in [0.4, 0.5) is 0 Å². The quantitative estimate of drug-likeness (QED) is 0.874. The van der Waals surface area contributed by atoms with Crippen molar-refractivity contribution >= 4 is 17.5 Å². The molecular formula is C16H19ClN4O. The maximum absolute atomic E-state index is 12.7. The fraction of sp³-hybridized carbons (Fsp3) is 0.438. The van der Waals surface area contributed by atoms with E-state index in [1.54, 1.807) is 17.1 Å². The highest BCUT2D eigenvalue weighted by Gasteiger charge is 2.30. The Labute approximate surface area is 134 Å². The number of hydrogen-bond donors (Lipinski definition) is 0. The maximum atomic E-state index is 12.7. The van der Waals surface area contributed by atoms with Crippen LogP contribution >= 0.6 is 11.6 Å². The Balaban J connectivity index is 1.78. The Morgan fingerprint density at radius 3 is 2.73 bits per heavy atom. The van der Waals surface area contributed by atoms with E-state index in [-0.39, 0.29) is 18.5 Å². The first-order valence-electron chi connectivity index (χ1n) is 7.47. The molecule has 0 unspecified atom stereocenters. The Bertz CT molecular complexity index is 683. The minimum absolute atomic E-state index is 0.0848. The lowest BCUT2D eigenvalue weighted by Crippen LogP contribution is -2.34. The monoisotopic (exact) mass is 318 g/mol. The summed E-state index contributed by atoms with van der Waals surface area (Å²) in [4.78, 5) is 18.7. The van der Waals surface area contributed by atoms with E-state index in [1.165, 1.54) is 0 Å². The van der Waals surface area contributed by atoms with Gasteiger partial charge in [0.15, 0.2) is 0 Å². The molecule has 6 heteroatoms. The molecule has 0 bridgehead atoms. The third-order valence-corrected chi connectivity index (χ3v) is 4.79. The SMILES string of the molecule is Cc1nn(CC(=O)N2CCC[C@@H]2c2ccncc2)c(C)c1Cl. The van der Waals surface area contributed by atoms with Crippen molar-refractivity contribution in [3.63, 3.8) is 0 Å². The maximum Gasteiger partial charge on any atom is 0.244 e. The van der Waals surface area contributed by atoms with Gasteiger partial charge in [0.1, 0.15) is 6.54 Å². The van der Waals surface area contributed by atoms with E-state index in [4.69, 9.17) is 11.6 Å². The van der Waals surface area contributed by atoms with Gasteiger partial charge in [0.2, 0.25) is 5.91 Å². The van der Waals surface area contributed by atoms with E-state index in [2.05, 4.69) is 10.1 Å². The molecule has 0 aromatic carbocycles. The molecule has 22 heavy (non-hydrogen) atoms. The van der Waals surface area contributed by atoms with E-state index in [1.807, 2.05) is 30.9 Å². The summed E-state index contributed by atoms with van der Waals surface area (Å²) in [6, 6.07) is 4.11. The number of nitrogens with zero attached hydrogens (tertiary/aromatic N) is 4. The van der Waals surface area contributed by atoms with E-state index in [0.717, 1.165) is 36.3 Å². The van der Waals surface area contributed by atoms with Crippen molar-refractivity contribution in [2.45, 2.75) is 39.3 Å². The summed E-state index contributed by atoms with van der Waals surface area (Å²) in [7, 11) is 0. The Morgan fingerprint density at radius 2 is 2.09 bits per heavy atom. The lowest BCUT2D eigenvalue weighted by atomic mass is 10.1. The summed E-state index contributed by atoms with van der Waals surface area (Å²) in [5, 5.41) is 4.98. The van der Waals surface area contributed by atoms with Crippen molar-refractivity contribution in [1.29, 1.82) is 0 Å². The van der Waals surface area contributed by atoms with E-state index in [9.17, 15) is 4.79 Å². The predicted molar refractivity (Wildman–Crippen MR) is 84.6 cm³/mol. The summed E-state index contributed by atoms with van der Waals surface area (Å²) < 4.78 is 1.70. The van der Waals surface area contributed by atoms with Gasteiger partial charge in [0, 0.05) is 18.9 Å². The van der Waals surface area contributed by atoms with Crippen LogP contribution in [0.1, 0.15) is 35.8 Å². The predicted octanol–water partition coefficient (Wildman–Crippen LogP) is 2.91. The molecule has 0 saturated carbocycles. The second-order valence-corrected chi connectivity index (χ2v) is 6.05. The van der Waals surface area contributed by atoms with Crippen LogP contribution in [0, 0.1) is 13.8 Å². The standard InChI is InChI=1S/C16H19ClN4O/c1-11-16(17)12(2)21(19-11)10-15(22)20-9-3-4-14(20)13-5-7-18-8-6-13/h5-8,14H,3-4,9-10H2,1-2H3/t14-/m1/s1. The number of hydrogen-bond acceptors (Lipinski definition) is 3. The van der Waals surface area contributed by atoms with Gasteiger partial charge in [-0.25, -0.2) is 0 Å². The molecule has 3 heterocycles. The second-order valence-electron chi connectivity index (χ2n) is 5.67. The van der Waals surface area contributed by atoms with Gasteiger partial charge in [-0.1, -0.05) is 11.6 Å². The van der Waals surface area contributed by atoms with Crippen molar-refractivity contribution in [2.24, 2.45) is 0 Å². The molecule has 2 aromatic heterocycles. The molecule has 0 radical (unpaired) electrons. The highest BCUT2D eigenvalue weighted by molar-refractivity contribution is 6.31. The highest BCUT2D eigenvalue weighted by atomic mass is 35.5. The first kappa shape index (κ1) is 15.0. The second kappa shape index (κ2) is 6.08. The fourth-order valence-electron chi connectivity index (χ4n) is 3.05. The third kappa shape index (κ3) is 2.73. The summed E-state index contributed by atoms with van der Waals surface area (Å²) in [6.45, 7) is 4.77. The average molecular weight is 319 g/mol. The largest absolute Gasteiger partial charge is 0.334 e. The van der Waals surface area contributed by atoms with Crippen LogP contribution in [0.2, 0.25) is 5.02 Å². The first-order chi connectivity index (χ1) is 10.6. The highest BCUT2D eigenvalue weighted by Crippen LogP contribution is 2.32. The fourth-order valence-corrected chi connectivity index (χ4v) is 3.18. The molecule has 1 saturated heterocycles. The zero-order valence-corrected chi connectivity index (χ0v) is 13.5. The van der Waals surface area contributed by atoms with Crippen LogP contribution in [0.15, 0.2) is 24.5 Å². The minimum Gasteiger partial charge on any atom is -0.334 e. The van der Waals surface area contributed by atoms with Crippen molar-refractivity contribution < 1.29 is 4.79 Å². The molecule has 1 fully saturated rings. The van der Waals surface area contributed by atoms with Gasteiger partial charge in [-0.05, 0) is 44.4 Å². The molecule has 1 atom stereocenters. The molecule has 1 aliphatic rings. The molecule has 3 rings (SSSR count). The van der Waals surface area contributed by atoms with E-state index >= 15 is 0 Å². The number of aryl methyl sites for hydroxylation is 1. The van der Waals surface area contributed by atoms with Crippen LogP contribution in [-0.4, -0.2) is 32.1 Å². The molecule has 1 amide bonds. The minimum atomic E-state index is 0.0848. The number of carbonyl (C=O) groups is 1. The summed E-state index contributed by atoms with van der Waals surface area (Å²) in [6.07, 6.45) is 5.57. The smallest absolute Gasteiger partial charge is 0.244 e. The van der Waals surface area contributed by atoms with Crippen LogP contribution in [0.25, 0.3) is 0 Å². The van der Waals surface area contributed by atoms with Crippen molar-refractivity contribution in [3.05, 3.63) is 46.5 Å². The molecule has 2 aromatic rings.